The Morgan fingerprint density at radius 1 is 1.44 bits per heavy atom. The van der Waals surface area contributed by atoms with Crippen LogP contribution in [0, 0.1) is 0 Å². The Balaban J connectivity index is 2.53. The van der Waals surface area contributed by atoms with Crippen molar-refractivity contribution in [2.75, 3.05) is 20.3 Å². The smallest absolute Gasteiger partial charge is 0.297 e. The predicted molar refractivity (Wildman–Crippen MR) is 58.0 cm³/mol. The zero-order chi connectivity index (χ0) is 12.0. The predicted octanol–water partition coefficient (Wildman–Crippen LogP) is 0.582. The first-order valence-corrected chi connectivity index (χ1v) is 5.01. The van der Waals surface area contributed by atoms with Crippen LogP contribution in [0.5, 0.6) is 11.6 Å². The Bertz CT molecular complexity index is 375. The quantitative estimate of drug-likeness (QED) is 0.721. The minimum Gasteiger partial charge on any atom is -0.487 e. The molecular formula is C10H16N2O4. The highest BCUT2D eigenvalue weighted by atomic mass is 16.5. The molecule has 0 unspecified atom stereocenters. The van der Waals surface area contributed by atoms with Crippen LogP contribution in [0.3, 0.4) is 0 Å². The zero-order valence-corrected chi connectivity index (χ0v) is 9.65. The second kappa shape index (κ2) is 6.12. The van der Waals surface area contributed by atoms with Gasteiger partial charge in [-0.05, 0) is 13.8 Å². The first kappa shape index (κ1) is 12.5. The summed E-state index contributed by atoms with van der Waals surface area (Å²) in [7, 11) is 1.39. The van der Waals surface area contributed by atoms with Gasteiger partial charge >= 0.3 is 0 Å². The number of hydrogen-bond donors (Lipinski definition) is 1. The third kappa shape index (κ3) is 3.54. The minimum absolute atomic E-state index is 0.0760. The van der Waals surface area contributed by atoms with E-state index in [-0.39, 0.29) is 23.3 Å². The first-order chi connectivity index (χ1) is 7.65. The van der Waals surface area contributed by atoms with E-state index >= 15 is 0 Å². The number of methoxy groups -OCH3 is 1. The highest BCUT2D eigenvalue weighted by molar-refractivity contribution is 5.29. The fourth-order valence-corrected chi connectivity index (χ4v) is 1.08. The van der Waals surface area contributed by atoms with E-state index < -0.39 is 0 Å². The van der Waals surface area contributed by atoms with E-state index in [0.717, 1.165) is 0 Å². The van der Waals surface area contributed by atoms with Crippen molar-refractivity contribution in [3.63, 3.8) is 0 Å². The molecule has 0 bridgehead atoms. The van der Waals surface area contributed by atoms with Gasteiger partial charge in [0.2, 0.25) is 5.75 Å². The average Bonchev–Trinajstić information content (AvgIpc) is 2.24. The Kier molecular flexibility index (Phi) is 4.78. The van der Waals surface area contributed by atoms with Gasteiger partial charge in [-0.3, -0.25) is 4.79 Å². The summed E-state index contributed by atoms with van der Waals surface area (Å²) in [6, 6.07) is 0. The van der Waals surface area contributed by atoms with E-state index in [2.05, 4.69) is 9.97 Å². The fourth-order valence-electron chi connectivity index (χ4n) is 1.08. The molecule has 1 heterocycles. The van der Waals surface area contributed by atoms with E-state index in [9.17, 15) is 4.79 Å². The van der Waals surface area contributed by atoms with Crippen molar-refractivity contribution in [3.8, 4) is 11.6 Å². The molecule has 1 aromatic rings. The molecule has 0 amide bonds. The SMILES string of the molecule is COc1c(OCCOC(C)C)nc[nH]c1=O. The number of aromatic nitrogens is 2. The molecule has 0 aliphatic rings. The van der Waals surface area contributed by atoms with Gasteiger partial charge in [0.05, 0.1) is 26.1 Å². The summed E-state index contributed by atoms with van der Waals surface area (Å²) in [5, 5.41) is 0. The standard InChI is InChI=1S/C10H16N2O4/c1-7(2)15-4-5-16-10-8(14-3)9(13)11-6-12-10/h6-7H,4-5H2,1-3H3,(H,11,12,13). The van der Waals surface area contributed by atoms with Crippen LogP contribution in [0.15, 0.2) is 11.1 Å². The van der Waals surface area contributed by atoms with Gasteiger partial charge in [-0.1, -0.05) is 0 Å². The van der Waals surface area contributed by atoms with E-state index in [1.165, 1.54) is 13.4 Å². The van der Waals surface area contributed by atoms with Crippen molar-refractivity contribution in [3.05, 3.63) is 16.7 Å². The molecule has 0 radical (unpaired) electrons. The molecule has 0 atom stereocenters. The van der Waals surface area contributed by atoms with Crippen LogP contribution in [0.2, 0.25) is 0 Å². The third-order valence-electron chi connectivity index (χ3n) is 1.76. The van der Waals surface area contributed by atoms with Gasteiger partial charge in [-0.15, -0.1) is 0 Å². The van der Waals surface area contributed by atoms with Gasteiger partial charge in [-0.25, -0.2) is 4.98 Å². The molecular weight excluding hydrogens is 212 g/mol. The van der Waals surface area contributed by atoms with Gasteiger partial charge in [0, 0.05) is 0 Å². The van der Waals surface area contributed by atoms with Crippen LogP contribution >= 0.6 is 0 Å². The lowest BCUT2D eigenvalue weighted by atomic mass is 10.5. The minimum atomic E-state index is -0.364. The Hall–Kier alpha value is -1.56. The summed E-state index contributed by atoms with van der Waals surface area (Å²) in [6.45, 7) is 4.64. The number of nitrogens with one attached hydrogen (secondary N) is 1. The molecule has 0 aliphatic heterocycles. The monoisotopic (exact) mass is 228 g/mol. The lowest BCUT2D eigenvalue weighted by molar-refractivity contribution is 0.0535. The van der Waals surface area contributed by atoms with E-state index in [0.29, 0.717) is 13.2 Å². The lowest BCUT2D eigenvalue weighted by Crippen LogP contribution is -2.15. The second-order valence-electron chi connectivity index (χ2n) is 3.34. The van der Waals surface area contributed by atoms with E-state index in [1.54, 1.807) is 0 Å². The Labute approximate surface area is 93.6 Å². The van der Waals surface area contributed by atoms with Crippen molar-refractivity contribution in [1.29, 1.82) is 0 Å². The lowest BCUT2D eigenvalue weighted by Gasteiger charge is -2.09. The van der Waals surface area contributed by atoms with Crippen LogP contribution in [-0.4, -0.2) is 36.4 Å². The summed E-state index contributed by atoms with van der Waals surface area (Å²) < 4.78 is 15.4. The van der Waals surface area contributed by atoms with Crippen molar-refractivity contribution >= 4 is 0 Å². The normalized spacial score (nSPS) is 10.5. The number of aromatic amines is 1. The molecule has 16 heavy (non-hydrogen) atoms. The van der Waals surface area contributed by atoms with Crippen LogP contribution in [0.25, 0.3) is 0 Å². The van der Waals surface area contributed by atoms with Crippen LogP contribution in [-0.2, 0) is 4.74 Å². The molecule has 1 N–H and O–H groups in total. The van der Waals surface area contributed by atoms with E-state index in [4.69, 9.17) is 14.2 Å². The first-order valence-electron chi connectivity index (χ1n) is 5.01. The average molecular weight is 228 g/mol. The molecule has 0 aliphatic carbocycles. The number of hydrogen-bond acceptors (Lipinski definition) is 5. The van der Waals surface area contributed by atoms with Gasteiger partial charge in [-0.2, -0.15) is 0 Å². The third-order valence-corrected chi connectivity index (χ3v) is 1.76. The number of ether oxygens (including phenoxy) is 3. The maximum absolute atomic E-state index is 11.3. The summed E-state index contributed by atoms with van der Waals surface area (Å²) in [5.41, 5.74) is -0.364. The van der Waals surface area contributed by atoms with Crippen molar-refractivity contribution in [2.24, 2.45) is 0 Å². The maximum atomic E-state index is 11.3. The van der Waals surface area contributed by atoms with Crippen molar-refractivity contribution < 1.29 is 14.2 Å². The number of H-pyrrole nitrogens is 1. The largest absolute Gasteiger partial charge is 0.487 e. The van der Waals surface area contributed by atoms with Crippen LogP contribution in [0.1, 0.15) is 13.8 Å². The molecule has 6 heteroatoms. The second-order valence-corrected chi connectivity index (χ2v) is 3.34. The van der Waals surface area contributed by atoms with Gasteiger partial charge < -0.3 is 19.2 Å². The molecule has 0 saturated carbocycles. The Morgan fingerprint density at radius 3 is 2.81 bits per heavy atom. The van der Waals surface area contributed by atoms with Crippen LogP contribution < -0.4 is 15.0 Å². The molecule has 0 spiro atoms. The van der Waals surface area contributed by atoms with E-state index in [1.807, 2.05) is 13.8 Å². The topological polar surface area (TPSA) is 73.4 Å². The van der Waals surface area contributed by atoms with Gasteiger partial charge in [0.15, 0.2) is 0 Å². The number of nitrogens with zero attached hydrogens (tertiary/aromatic N) is 1. The molecule has 0 saturated heterocycles. The molecule has 6 nitrogen and oxygen atoms in total. The van der Waals surface area contributed by atoms with Gasteiger partial charge in [0.1, 0.15) is 6.61 Å². The summed E-state index contributed by atoms with van der Waals surface area (Å²) in [6.07, 6.45) is 1.42. The summed E-state index contributed by atoms with van der Waals surface area (Å²) in [4.78, 5) is 17.5. The summed E-state index contributed by atoms with van der Waals surface area (Å²) in [5.74, 6) is 0.255. The summed E-state index contributed by atoms with van der Waals surface area (Å²) >= 11 is 0. The van der Waals surface area contributed by atoms with Gasteiger partial charge in [0.25, 0.3) is 11.4 Å². The highest BCUT2D eigenvalue weighted by Gasteiger charge is 2.09. The Morgan fingerprint density at radius 2 is 2.19 bits per heavy atom. The molecule has 0 fully saturated rings. The molecule has 0 aromatic carbocycles. The van der Waals surface area contributed by atoms with Crippen LogP contribution in [0.4, 0.5) is 0 Å². The van der Waals surface area contributed by atoms with Crippen molar-refractivity contribution in [2.45, 2.75) is 20.0 Å². The van der Waals surface area contributed by atoms with Crippen molar-refractivity contribution in [1.82, 2.24) is 9.97 Å². The highest BCUT2D eigenvalue weighted by Crippen LogP contribution is 2.16. The molecule has 90 valence electrons. The number of rotatable bonds is 6. The zero-order valence-electron chi connectivity index (χ0n) is 9.65. The maximum Gasteiger partial charge on any atom is 0.297 e. The molecule has 1 rings (SSSR count). The molecule has 1 aromatic heterocycles. The fraction of sp³-hybridized carbons (Fsp3) is 0.600.